The number of hydrogen-bond donors (Lipinski definition) is 3. The fourth-order valence-corrected chi connectivity index (χ4v) is 3.77. The largest absolute Gasteiger partial charge is 0.444 e. The fraction of sp³-hybridized carbons (Fsp3) is 0.370. The van der Waals surface area contributed by atoms with Crippen LogP contribution < -0.4 is 10.6 Å². The summed E-state index contributed by atoms with van der Waals surface area (Å²) in [6.07, 6.45) is 0.603. The van der Waals surface area contributed by atoms with Gasteiger partial charge in [-0.1, -0.05) is 59.6 Å². The lowest BCUT2D eigenvalue weighted by atomic mass is 10.0. The molecule has 0 aromatic heterocycles. The highest BCUT2D eigenvalue weighted by Crippen LogP contribution is 2.29. The highest BCUT2D eigenvalue weighted by Gasteiger charge is 2.36. The van der Waals surface area contributed by atoms with Gasteiger partial charge in [0.25, 0.3) is 5.91 Å². The Morgan fingerprint density at radius 1 is 1.14 bits per heavy atom. The van der Waals surface area contributed by atoms with E-state index in [0.29, 0.717) is 16.3 Å². The zero-order valence-electron chi connectivity index (χ0n) is 21.3. The van der Waals surface area contributed by atoms with Crippen molar-refractivity contribution >= 4 is 35.2 Å². The molecule has 0 saturated heterocycles. The molecule has 2 aromatic rings. The number of amides is 3. The van der Waals surface area contributed by atoms with Crippen LogP contribution in [-0.2, 0) is 14.3 Å². The lowest BCUT2D eigenvalue weighted by molar-refractivity contribution is -0.140. The van der Waals surface area contributed by atoms with Crippen LogP contribution in [0.15, 0.2) is 55.1 Å². The molecule has 194 valence electrons. The maximum atomic E-state index is 13.7. The van der Waals surface area contributed by atoms with Gasteiger partial charge in [-0.25, -0.2) is 4.79 Å². The van der Waals surface area contributed by atoms with Crippen molar-refractivity contribution in [3.63, 3.8) is 0 Å². The molecule has 3 amide bonds. The molecule has 8 nitrogen and oxygen atoms in total. The molecule has 2 aromatic carbocycles. The minimum Gasteiger partial charge on any atom is -0.444 e. The van der Waals surface area contributed by atoms with E-state index in [-0.39, 0.29) is 6.54 Å². The monoisotopic (exact) mass is 515 g/mol. The molecule has 36 heavy (non-hydrogen) atoms. The van der Waals surface area contributed by atoms with Crippen LogP contribution in [0.4, 0.5) is 10.5 Å². The smallest absolute Gasteiger partial charge is 0.408 e. The number of carbonyl (C=O) groups excluding carboxylic acids is 3. The first-order valence-corrected chi connectivity index (χ1v) is 11.9. The molecule has 0 aliphatic rings. The van der Waals surface area contributed by atoms with Gasteiger partial charge in [-0.3, -0.25) is 9.59 Å². The van der Waals surface area contributed by atoms with E-state index < -0.39 is 42.2 Å². The maximum Gasteiger partial charge on any atom is 0.408 e. The Bertz CT molecular complexity index is 1080. The quantitative estimate of drug-likeness (QED) is 0.425. The second kappa shape index (κ2) is 12.6. The van der Waals surface area contributed by atoms with E-state index in [4.69, 9.17) is 16.3 Å². The van der Waals surface area contributed by atoms with E-state index in [0.717, 1.165) is 11.1 Å². The third-order valence-electron chi connectivity index (χ3n) is 5.20. The van der Waals surface area contributed by atoms with E-state index in [1.807, 2.05) is 32.0 Å². The highest BCUT2D eigenvalue weighted by atomic mass is 35.5. The van der Waals surface area contributed by atoms with Gasteiger partial charge < -0.3 is 25.4 Å². The van der Waals surface area contributed by atoms with Crippen molar-refractivity contribution < 1.29 is 24.2 Å². The van der Waals surface area contributed by atoms with Crippen LogP contribution in [0.5, 0.6) is 0 Å². The third kappa shape index (κ3) is 7.83. The summed E-state index contributed by atoms with van der Waals surface area (Å²) >= 11 is 6.33. The van der Waals surface area contributed by atoms with Gasteiger partial charge >= 0.3 is 6.09 Å². The molecule has 0 spiro atoms. The number of aliphatic hydroxyl groups excluding tert-OH is 1. The van der Waals surface area contributed by atoms with E-state index in [1.54, 1.807) is 45.0 Å². The van der Waals surface area contributed by atoms with Crippen LogP contribution in [0.2, 0.25) is 5.02 Å². The number of ether oxygens (including phenoxy) is 1. The number of nitrogens with zero attached hydrogens (tertiary/aromatic N) is 1. The Hall–Kier alpha value is -3.36. The van der Waals surface area contributed by atoms with Crippen LogP contribution in [0.25, 0.3) is 0 Å². The van der Waals surface area contributed by atoms with Gasteiger partial charge in [0.15, 0.2) is 0 Å². The Balaban J connectivity index is 2.47. The molecule has 0 saturated carbocycles. The number of alkyl carbamates (subject to hydrolysis) is 1. The number of rotatable bonds is 9. The summed E-state index contributed by atoms with van der Waals surface area (Å²) in [5, 5.41) is 15.5. The van der Waals surface area contributed by atoms with E-state index in [2.05, 4.69) is 17.2 Å². The molecule has 0 fully saturated rings. The molecular formula is C27H34ClN3O5. The number of benzene rings is 2. The number of para-hydroxylation sites is 1. The molecule has 9 heteroatoms. The van der Waals surface area contributed by atoms with Gasteiger partial charge in [0.2, 0.25) is 5.91 Å². The van der Waals surface area contributed by atoms with Crippen molar-refractivity contribution in [2.45, 2.75) is 52.3 Å². The number of hydrogen-bond acceptors (Lipinski definition) is 5. The number of aliphatic hydroxyl groups is 1. The van der Waals surface area contributed by atoms with Gasteiger partial charge in [0.05, 0.1) is 17.3 Å². The third-order valence-corrected chi connectivity index (χ3v) is 5.52. The van der Waals surface area contributed by atoms with Crippen molar-refractivity contribution in [2.24, 2.45) is 0 Å². The molecule has 0 aliphatic heterocycles. The van der Waals surface area contributed by atoms with Gasteiger partial charge in [-0.2, -0.15) is 0 Å². The molecule has 0 aliphatic carbocycles. The molecule has 2 atom stereocenters. The van der Waals surface area contributed by atoms with E-state index in [9.17, 15) is 19.5 Å². The first-order valence-electron chi connectivity index (χ1n) is 11.5. The van der Waals surface area contributed by atoms with Gasteiger partial charge in [-0.05, 0) is 51.8 Å². The zero-order valence-corrected chi connectivity index (χ0v) is 22.1. The zero-order chi connectivity index (χ0) is 27.0. The fourth-order valence-electron chi connectivity index (χ4n) is 3.50. The number of anilines is 1. The average molecular weight is 516 g/mol. The number of aryl methyl sites for hydroxylation is 2. The summed E-state index contributed by atoms with van der Waals surface area (Å²) in [6.45, 7) is 11.8. The van der Waals surface area contributed by atoms with Crippen molar-refractivity contribution in [3.05, 3.63) is 76.8 Å². The Kier molecular flexibility index (Phi) is 10.1. The molecule has 0 bridgehead atoms. The summed E-state index contributed by atoms with van der Waals surface area (Å²) in [4.78, 5) is 40.8. The van der Waals surface area contributed by atoms with Crippen molar-refractivity contribution in [1.82, 2.24) is 10.2 Å². The summed E-state index contributed by atoms with van der Waals surface area (Å²) in [6, 6.07) is 9.93. The SMILES string of the molecule is C=CCN(C(=O)C(CO)NC(=O)OC(C)(C)C)C(C(=O)Nc1c(C)cccc1Cl)c1ccc(C)cc1. The lowest BCUT2D eigenvalue weighted by Gasteiger charge is -2.33. The van der Waals surface area contributed by atoms with Gasteiger partial charge in [-0.15, -0.1) is 6.58 Å². The Morgan fingerprint density at radius 2 is 1.78 bits per heavy atom. The van der Waals surface area contributed by atoms with Crippen molar-refractivity contribution in [3.8, 4) is 0 Å². The maximum absolute atomic E-state index is 13.7. The van der Waals surface area contributed by atoms with E-state index >= 15 is 0 Å². The van der Waals surface area contributed by atoms with Gasteiger partial charge in [0.1, 0.15) is 17.7 Å². The molecule has 0 heterocycles. The standard InChI is InChI=1S/C27H34ClN3O5/c1-7-15-31(25(34)21(16-32)29-26(35)36-27(4,5)6)23(19-13-11-17(2)12-14-19)24(33)30-22-18(3)9-8-10-20(22)28/h7-14,21,23,32H,1,15-16H2,2-6H3,(H,29,35)(H,30,33). The minimum atomic E-state index is -1.34. The predicted molar refractivity (Wildman–Crippen MR) is 141 cm³/mol. The summed E-state index contributed by atoms with van der Waals surface area (Å²) < 4.78 is 5.23. The number of carbonyl (C=O) groups is 3. The van der Waals surface area contributed by atoms with Crippen LogP contribution in [0.3, 0.4) is 0 Å². The van der Waals surface area contributed by atoms with Crippen LogP contribution >= 0.6 is 11.6 Å². The number of halogens is 1. The van der Waals surface area contributed by atoms with E-state index in [1.165, 1.54) is 11.0 Å². The van der Waals surface area contributed by atoms with Crippen LogP contribution in [-0.4, -0.2) is 52.7 Å². The highest BCUT2D eigenvalue weighted by molar-refractivity contribution is 6.34. The second-order valence-electron chi connectivity index (χ2n) is 9.39. The molecular weight excluding hydrogens is 482 g/mol. The topological polar surface area (TPSA) is 108 Å². The minimum absolute atomic E-state index is 0.0290. The molecule has 2 unspecified atom stereocenters. The summed E-state index contributed by atoms with van der Waals surface area (Å²) in [7, 11) is 0. The summed E-state index contributed by atoms with van der Waals surface area (Å²) in [5.74, 6) is -1.20. The molecule has 2 rings (SSSR count). The van der Waals surface area contributed by atoms with Crippen molar-refractivity contribution in [1.29, 1.82) is 0 Å². The molecule has 0 radical (unpaired) electrons. The van der Waals surface area contributed by atoms with Crippen molar-refractivity contribution in [2.75, 3.05) is 18.5 Å². The normalized spacial score (nSPS) is 12.8. The Labute approximate surface area is 217 Å². The Morgan fingerprint density at radius 3 is 2.31 bits per heavy atom. The molecule has 3 N–H and O–H groups in total. The first-order chi connectivity index (χ1) is 16.9. The number of nitrogens with one attached hydrogen (secondary N) is 2. The first kappa shape index (κ1) is 28.9. The second-order valence-corrected chi connectivity index (χ2v) is 9.80. The van der Waals surface area contributed by atoms with Crippen LogP contribution in [0.1, 0.15) is 43.5 Å². The lowest BCUT2D eigenvalue weighted by Crippen LogP contribution is -2.53. The van der Waals surface area contributed by atoms with Gasteiger partial charge in [0, 0.05) is 6.54 Å². The predicted octanol–water partition coefficient (Wildman–Crippen LogP) is 4.54. The summed E-state index contributed by atoms with van der Waals surface area (Å²) in [5.41, 5.74) is 1.89. The van der Waals surface area contributed by atoms with Crippen LogP contribution in [0, 0.1) is 13.8 Å². The average Bonchev–Trinajstić information content (AvgIpc) is 2.79.